The molecule has 2 heterocycles. The molecule has 8 nitrogen and oxygen atoms in total. The van der Waals surface area contributed by atoms with Crippen molar-refractivity contribution in [3.05, 3.63) is 48.3 Å². The first-order valence-electron chi connectivity index (χ1n) is 8.23. The number of anilines is 4. The fourth-order valence-electron chi connectivity index (χ4n) is 2.47. The van der Waals surface area contributed by atoms with Gasteiger partial charge in [-0.25, -0.2) is 9.97 Å². The minimum absolute atomic E-state index is 0.424. The van der Waals surface area contributed by atoms with Crippen LogP contribution < -0.4 is 24.8 Å². The molecule has 0 spiro atoms. The van der Waals surface area contributed by atoms with Gasteiger partial charge in [-0.1, -0.05) is 6.07 Å². The SMILES string of the molecule is COc1cc(Nc2ncc(C)c(Nc3ccccn3)n2)cc(OC)c1OC. The fourth-order valence-corrected chi connectivity index (χ4v) is 2.47. The zero-order chi connectivity index (χ0) is 19.2. The molecule has 0 saturated carbocycles. The molecule has 3 rings (SSSR count). The Balaban J connectivity index is 1.89. The number of rotatable bonds is 7. The number of aryl methyl sites for hydroxylation is 1. The average molecular weight is 367 g/mol. The average Bonchev–Trinajstić information content (AvgIpc) is 2.70. The van der Waals surface area contributed by atoms with E-state index in [1.165, 1.54) is 0 Å². The Hall–Kier alpha value is -3.55. The molecule has 0 saturated heterocycles. The van der Waals surface area contributed by atoms with Crippen LogP contribution in [0.2, 0.25) is 0 Å². The number of benzene rings is 1. The highest BCUT2D eigenvalue weighted by Gasteiger charge is 2.14. The zero-order valence-electron chi connectivity index (χ0n) is 15.6. The lowest BCUT2D eigenvalue weighted by Gasteiger charge is -2.15. The van der Waals surface area contributed by atoms with Crippen molar-refractivity contribution in [2.24, 2.45) is 0 Å². The van der Waals surface area contributed by atoms with Crippen LogP contribution >= 0.6 is 0 Å². The van der Waals surface area contributed by atoms with E-state index < -0.39 is 0 Å². The molecule has 140 valence electrons. The number of nitrogens with zero attached hydrogens (tertiary/aromatic N) is 3. The summed E-state index contributed by atoms with van der Waals surface area (Å²) in [5.41, 5.74) is 1.60. The van der Waals surface area contributed by atoms with Gasteiger partial charge in [-0.15, -0.1) is 0 Å². The standard InChI is InChI=1S/C19H21N5O3/c1-12-11-21-19(24-18(12)23-16-7-5-6-8-20-16)22-13-9-14(25-2)17(27-4)15(10-13)26-3/h5-11H,1-4H3,(H2,20,21,22,23,24). The number of pyridine rings is 1. The van der Waals surface area contributed by atoms with E-state index in [1.807, 2.05) is 25.1 Å². The summed E-state index contributed by atoms with van der Waals surface area (Å²) in [6.07, 6.45) is 3.45. The molecule has 2 aromatic heterocycles. The quantitative estimate of drug-likeness (QED) is 0.653. The van der Waals surface area contributed by atoms with Crippen LogP contribution in [-0.4, -0.2) is 36.3 Å². The van der Waals surface area contributed by atoms with E-state index in [1.54, 1.807) is 45.9 Å². The van der Waals surface area contributed by atoms with Crippen LogP contribution in [-0.2, 0) is 0 Å². The van der Waals surface area contributed by atoms with Gasteiger partial charge >= 0.3 is 0 Å². The van der Waals surface area contributed by atoms with Gasteiger partial charge in [-0.3, -0.25) is 0 Å². The highest BCUT2D eigenvalue weighted by molar-refractivity contribution is 5.66. The van der Waals surface area contributed by atoms with E-state index in [2.05, 4.69) is 25.6 Å². The minimum atomic E-state index is 0.424. The van der Waals surface area contributed by atoms with Crippen LogP contribution in [0.1, 0.15) is 5.56 Å². The molecular weight excluding hydrogens is 346 g/mol. The maximum atomic E-state index is 5.37. The predicted octanol–water partition coefficient (Wildman–Crippen LogP) is 3.69. The molecule has 0 atom stereocenters. The second-order valence-corrected chi connectivity index (χ2v) is 5.60. The number of nitrogens with one attached hydrogen (secondary N) is 2. The van der Waals surface area contributed by atoms with Gasteiger partial charge in [0.05, 0.1) is 21.3 Å². The van der Waals surface area contributed by atoms with Crippen molar-refractivity contribution in [1.82, 2.24) is 15.0 Å². The van der Waals surface area contributed by atoms with Gasteiger partial charge in [-0.2, -0.15) is 4.98 Å². The van der Waals surface area contributed by atoms with E-state index in [0.717, 1.165) is 5.56 Å². The summed E-state index contributed by atoms with van der Waals surface area (Å²) >= 11 is 0. The number of ether oxygens (including phenoxy) is 3. The first kappa shape index (κ1) is 18.2. The summed E-state index contributed by atoms with van der Waals surface area (Å²) in [6, 6.07) is 9.21. The van der Waals surface area contributed by atoms with Crippen molar-refractivity contribution in [3.8, 4) is 17.2 Å². The van der Waals surface area contributed by atoms with E-state index in [0.29, 0.717) is 40.5 Å². The van der Waals surface area contributed by atoms with Gasteiger partial charge in [0.1, 0.15) is 11.6 Å². The number of methoxy groups -OCH3 is 3. The molecule has 0 amide bonds. The Bertz CT molecular complexity index is 893. The third-order valence-electron chi connectivity index (χ3n) is 3.80. The van der Waals surface area contributed by atoms with Crippen molar-refractivity contribution in [3.63, 3.8) is 0 Å². The topological polar surface area (TPSA) is 90.4 Å². The second kappa shape index (κ2) is 8.22. The first-order chi connectivity index (χ1) is 13.1. The largest absolute Gasteiger partial charge is 0.493 e. The second-order valence-electron chi connectivity index (χ2n) is 5.60. The fraction of sp³-hybridized carbons (Fsp3) is 0.211. The van der Waals surface area contributed by atoms with Crippen LogP contribution in [0.3, 0.4) is 0 Å². The Kier molecular flexibility index (Phi) is 5.55. The Morgan fingerprint density at radius 1 is 0.889 bits per heavy atom. The molecular formula is C19H21N5O3. The summed E-state index contributed by atoms with van der Waals surface area (Å²) < 4.78 is 16.1. The van der Waals surface area contributed by atoms with Gasteiger partial charge in [0.2, 0.25) is 11.7 Å². The van der Waals surface area contributed by atoms with Gasteiger partial charge in [-0.05, 0) is 19.1 Å². The molecule has 0 aliphatic carbocycles. The van der Waals surface area contributed by atoms with Crippen molar-refractivity contribution < 1.29 is 14.2 Å². The first-order valence-corrected chi connectivity index (χ1v) is 8.23. The molecule has 8 heteroatoms. The third-order valence-corrected chi connectivity index (χ3v) is 3.80. The van der Waals surface area contributed by atoms with Crippen LogP contribution in [0.4, 0.5) is 23.3 Å². The molecule has 3 aromatic rings. The van der Waals surface area contributed by atoms with E-state index in [-0.39, 0.29) is 0 Å². The van der Waals surface area contributed by atoms with Crippen LogP contribution in [0.15, 0.2) is 42.7 Å². The van der Waals surface area contributed by atoms with Crippen molar-refractivity contribution >= 4 is 23.3 Å². The summed E-state index contributed by atoms with van der Waals surface area (Å²) in [4.78, 5) is 13.1. The molecule has 0 aliphatic rings. The van der Waals surface area contributed by atoms with Gasteiger partial charge in [0.25, 0.3) is 0 Å². The molecule has 1 aromatic carbocycles. The molecule has 0 aliphatic heterocycles. The van der Waals surface area contributed by atoms with E-state index in [4.69, 9.17) is 14.2 Å². The molecule has 0 unspecified atom stereocenters. The maximum Gasteiger partial charge on any atom is 0.229 e. The Labute approximate surface area is 157 Å². The lowest BCUT2D eigenvalue weighted by atomic mass is 10.2. The van der Waals surface area contributed by atoms with Gasteiger partial charge in [0.15, 0.2) is 11.5 Å². The van der Waals surface area contributed by atoms with Gasteiger partial charge < -0.3 is 24.8 Å². The molecule has 2 N–H and O–H groups in total. The van der Waals surface area contributed by atoms with Crippen molar-refractivity contribution in [2.45, 2.75) is 6.92 Å². The predicted molar refractivity (Wildman–Crippen MR) is 104 cm³/mol. The van der Waals surface area contributed by atoms with Gasteiger partial charge in [0, 0.05) is 35.8 Å². The lowest BCUT2D eigenvalue weighted by molar-refractivity contribution is 0.324. The Morgan fingerprint density at radius 2 is 1.63 bits per heavy atom. The van der Waals surface area contributed by atoms with Crippen LogP contribution in [0.5, 0.6) is 17.2 Å². The molecule has 0 fully saturated rings. The highest BCUT2D eigenvalue weighted by Crippen LogP contribution is 2.40. The van der Waals surface area contributed by atoms with E-state index in [9.17, 15) is 0 Å². The normalized spacial score (nSPS) is 10.2. The number of aromatic nitrogens is 3. The molecule has 0 radical (unpaired) electrons. The third kappa shape index (κ3) is 4.17. The van der Waals surface area contributed by atoms with Crippen LogP contribution in [0.25, 0.3) is 0 Å². The van der Waals surface area contributed by atoms with Crippen LogP contribution in [0, 0.1) is 6.92 Å². The maximum absolute atomic E-state index is 5.37. The lowest BCUT2D eigenvalue weighted by Crippen LogP contribution is -2.04. The van der Waals surface area contributed by atoms with Crippen molar-refractivity contribution in [2.75, 3.05) is 32.0 Å². The number of hydrogen-bond acceptors (Lipinski definition) is 8. The summed E-state index contributed by atoms with van der Waals surface area (Å²) in [6.45, 7) is 1.93. The molecule has 0 bridgehead atoms. The van der Waals surface area contributed by atoms with E-state index >= 15 is 0 Å². The summed E-state index contributed by atoms with van der Waals surface area (Å²) in [5, 5.41) is 6.35. The summed E-state index contributed by atoms with van der Waals surface area (Å²) in [5.74, 6) is 3.40. The smallest absolute Gasteiger partial charge is 0.229 e. The minimum Gasteiger partial charge on any atom is -0.493 e. The summed E-state index contributed by atoms with van der Waals surface area (Å²) in [7, 11) is 4.70. The zero-order valence-corrected chi connectivity index (χ0v) is 15.6. The monoisotopic (exact) mass is 367 g/mol. The molecule has 27 heavy (non-hydrogen) atoms. The van der Waals surface area contributed by atoms with Crippen molar-refractivity contribution in [1.29, 1.82) is 0 Å². The Morgan fingerprint density at radius 3 is 2.22 bits per heavy atom. The number of hydrogen-bond donors (Lipinski definition) is 2. The highest BCUT2D eigenvalue weighted by atomic mass is 16.5.